The summed E-state index contributed by atoms with van der Waals surface area (Å²) in [4.78, 5) is 3.00. The summed E-state index contributed by atoms with van der Waals surface area (Å²) in [5, 5.41) is 0. The molecule has 3 nitrogen and oxygen atoms in total. The predicted molar refractivity (Wildman–Crippen MR) is 46.4 cm³/mol. The molecule has 0 saturated carbocycles. The lowest BCUT2D eigenvalue weighted by molar-refractivity contribution is 0.582. The van der Waals surface area contributed by atoms with E-state index >= 15 is 0 Å². The van der Waals surface area contributed by atoms with Crippen molar-refractivity contribution in [3.63, 3.8) is 0 Å². The van der Waals surface area contributed by atoms with Crippen LogP contribution >= 0.6 is 0 Å². The smallest absolute Gasteiger partial charge is 0.135 e. The van der Waals surface area contributed by atoms with Crippen molar-refractivity contribution in [1.29, 1.82) is 0 Å². The van der Waals surface area contributed by atoms with Gasteiger partial charge >= 0.3 is 0 Å². The number of nitrogens with two attached hydrogens (primary N) is 1. The summed E-state index contributed by atoms with van der Waals surface area (Å²) in [6.45, 7) is 0.527. The van der Waals surface area contributed by atoms with Crippen LogP contribution in [-0.4, -0.2) is 4.98 Å². The predicted octanol–water partition coefficient (Wildman–Crippen LogP) is 1.73. The maximum atomic E-state index is 5.54. The largest absolute Gasteiger partial charge is 0.464 e. The second kappa shape index (κ2) is 2.87. The van der Waals surface area contributed by atoms with Gasteiger partial charge in [0.25, 0.3) is 0 Å². The summed E-state index contributed by atoms with van der Waals surface area (Å²) < 4.78 is 5.24. The molecule has 0 aromatic carbocycles. The molecule has 3 N–H and O–H groups in total. The molecule has 0 aliphatic carbocycles. The van der Waals surface area contributed by atoms with Crippen molar-refractivity contribution in [3.05, 3.63) is 36.4 Å². The summed E-state index contributed by atoms with van der Waals surface area (Å²) in [5.41, 5.74) is 7.66. The maximum Gasteiger partial charge on any atom is 0.135 e. The minimum absolute atomic E-state index is 0.527. The van der Waals surface area contributed by atoms with Crippen molar-refractivity contribution in [1.82, 2.24) is 4.98 Å². The Kier molecular flexibility index (Phi) is 1.72. The molecule has 2 aromatic rings. The molecule has 0 spiro atoms. The highest BCUT2D eigenvalue weighted by molar-refractivity contribution is 5.60. The van der Waals surface area contributed by atoms with E-state index in [4.69, 9.17) is 10.2 Å². The molecular weight excluding hydrogens is 152 g/mol. The van der Waals surface area contributed by atoms with Crippen LogP contribution in [0.2, 0.25) is 0 Å². The van der Waals surface area contributed by atoms with E-state index in [0.717, 1.165) is 16.9 Å². The van der Waals surface area contributed by atoms with Crippen molar-refractivity contribution < 1.29 is 4.42 Å². The third-order valence-corrected chi connectivity index (χ3v) is 1.84. The Morgan fingerprint density at radius 1 is 1.42 bits per heavy atom. The number of nitrogens with one attached hydrogen (secondary N) is 1. The number of aromatic nitrogens is 1. The first kappa shape index (κ1) is 7.18. The highest BCUT2D eigenvalue weighted by Gasteiger charge is 2.05. The Morgan fingerprint density at radius 2 is 2.33 bits per heavy atom. The minimum atomic E-state index is 0.527. The fourth-order valence-corrected chi connectivity index (χ4v) is 1.23. The van der Waals surface area contributed by atoms with Gasteiger partial charge in [-0.3, -0.25) is 0 Å². The van der Waals surface area contributed by atoms with E-state index in [1.165, 1.54) is 0 Å². The third kappa shape index (κ3) is 1.04. The SMILES string of the molecule is NCc1c[nH]cc1-c1ccco1. The summed E-state index contributed by atoms with van der Waals surface area (Å²) in [5.74, 6) is 0.858. The second-order valence-corrected chi connectivity index (χ2v) is 2.58. The monoisotopic (exact) mass is 162 g/mol. The summed E-state index contributed by atoms with van der Waals surface area (Å²) in [7, 11) is 0. The van der Waals surface area contributed by atoms with Crippen LogP contribution in [0.3, 0.4) is 0 Å². The van der Waals surface area contributed by atoms with Crippen molar-refractivity contribution >= 4 is 0 Å². The number of hydrogen-bond donors (Lipinski definition) is 2. The molecule has 0 atom stereocenters. The summed E-state index contributed by atoms with van der Waals surface area (Å²) in [6, 6.07) is 3.78. The quantitative estimate of drug-likeness (QED) is 0.706. The van der Waals surface area contributed by atoms with Gasteiger partial charge in [-0.25, -0.2) is 0 Å². The standard InChI is InChI=1S/C9H10N2O/c10-4-7-5-11-6-8(7)9-2-1-3-12-9/h1-3,5-6,11H,4,10H2. The van der Waals surface area contributed by atoms with Gasteiger partial charge in [-0.2, -0.15) is 0 Å². The van der Waals surface area contributed by atoms with Crippen LogP contribution < -0.4 is 5.73 Å². The van der Waals surface area contributed by atoms with E-state index in [1.807, 2.05) is 24.5 Å². The van der Waals surface area contributed by atoms with Crippen molar-refractivity contribution in [2.75, 3.05) is 0 Å². The van der Waals surface area contributed by atoms with Gasteiger partial charge in [0.15, 0.2) is 0 Å². The Bertz CT molecular complexity index is 348. The fraction of sp³-hybridized carbons (Fsp3) is 0.111. The van der Waals surface area contributed by atoms with Gasteiger partial charge in [-0.15, -0.1) is 0 Å². The molecule has 0 radical (unpaired) electrons. The number of aromatic amines is 1. The molecule has 0 fully saturated rings. The molecule has 2 aromatic heterocycles. The number of furan rings is 1. The zero-order valence-corrected chi connectivity index (χ0v) is 6.58. The molecule has 3 heteroatoms. The normalized spacial score (nSPS) is 10.4. The summed E-state index contributed by atoms with van der Waals surface area (Å²) >= 11 is 0. The molecule has 12 heavy (non-hydrogen) atoms. The molecule has 0 unspecified atom stereocenters. The maximum absolute atomic E-state index is 5.54. The third-order valence-electron chi connectivity index (χ3n) is 1.84. The van der Waals surface area contributed by atoms with Gasteiger partial charge in [0.05, 0.1) is 6.26 Å². The van der Waals surface area contributed by atoms with Gasteiger partial charge < -0.3 is 15.1 Å². The lowest BCUT2D eigenvalue weighted by atomic mass is 10.1. The Balaban J connectivity index is 2.46. The van der Waals surface area contributed by atoms with Crippen LogP contribution in [0.25, 0.3) is 11.3 Å². The van der Waals surface area contributed by atoms with E-state index in [2.05, 4.69) is 4.98 Å². The molecule has 0 amide bonds. The first-order valence-electron chi connectivity index (χ1n) is 3.81. The molecule has 0 bridgehead atoms. The number of H-pyrrole nitrogens is 1. The van der Waals surface area contributed by atoms with Gasteiger partial charge in [-0.1, -0.05) is 0 Å². The second-order valence-electron chi connectivity index (χ2n) is 2.58. The number of rotatable bonds is 2. The van der Waals surface area contributed by atoms with Gasteiger partial charge in [-0.05, 0) is 17.7 Å². The van der Waals surface area contributed by atoms with Crippen LogP contribution in [-0.2, 0) is 6.54 Å². The molecule has 0 aliphatic rings. The molecule has 2 heterocycles. The highest BCUT2D eigenvalue weighted by Crippen LogP contribution is 2.22. The van der Waals surface area contributed by atoms with E-state index in [0.29, 0.717) is 6.54 Å². The van der Waals surface area contributed by atoms with E-state index < -0.39 is 0 Å². The van der Waals surface area contributed by atoms with Crippen LogP contribution in [0.15, 0.2) is 35.2 Å². The molecular formula is C9H10N2O. The van der Waals surface area contributed by atoms with Crippen molar-refractivity contribution in [2.24, 2.45) is 5.73 Å². The average Bonchev–Trinajstić information content (AvgIpc) is 2.74. The van der Waals surface area contributed by atoms with E-state index in [-0.39, 0.29) is 0 Å². The van der Waals surface area contributed by atoms with Gasteiger partial charge in [0, 0.05) is 24.5 Å². The Labute approximate surface area is 70.2 Å². The summed E-state index contributed by atoms with van der Waals surface area (Å²) in [6.07, 6.45) is 5.43. The molecule has 2 rings (SSSR count). The minimum Gasteiger partial charge on any atom is -0.464 e. The van der Waals surface area contributed by atoms with E-state index in [9.17, 15) is 0 Å². The van der Waals surface area contributed by atoms with Crippen LogP contribution in [0.1, 0.15) is 5.56 Å². The van der Waals surface area contributed by atoms with Crippen molar-refractivity contribution in [2.45, 2.75) is 6.54 Å². The lowest BCUT2D eigenvalue weighted by Gasteiger charge is -1.95. The zero-order valence-electron chi connectivity index (χ0n) is 6.58. The van der Waals surface area contributed by atoms with Gasteiger partial charge in [0.1, 0.15) is 5.76 Å². The average molecular weight is 162 g/mol. The molecule has 62 valence electrons. The Hall–Kier alpha value is -1.48. The first-order valence-corrected chi connectivity index (χ1v) is 3.81. The highest BCUT2D eigenvalue weighted by atomic mass is 16.3. The topological polar surface area (TPSA) is 55.0 Å². The van der Waals surface area contributed by atoms with Crippen LogP contribution in [0.4, 0.5) is 0 Å². The Morgan fingerprint density at radius 3 is 3.00 bits per heavy atom. The van der Waals surface area contributed by atoms with Gasteiger partial charge in [0.2, 0.25) is 0 Å². The van der Waals surface area contributed by atoms with Crippen LogP contribution in [0, 0.1) is 0 Å². The lowest BCUT2D eigenvalue weighted by Crippen LogP contribution is -1.95. The van der Waals surface area contributed by atoms with Crippen LogP contribution in [0.5, 0.6) is 0 Å². The number of hydrogen-bond acceptors (Lipinski definition) is 2. The zero-order chi connectivity index (χ0) is 8.39. The molecule has 0 saturated heterocycles. The first-order chi connectivity index (χ1) is 5.92. The van der Waals surface area contributed by atoms with Crippen molar-refractivity contribution in [3.8, 4) is 11.3 Å². The van der Waals surface area contributed by atoms with E-state index in [1.54, 1.807) is 6.26 Å². The molecule has 0 aliphatic heterocycles. The fourth-order valence-electron chi connectivity index (χ4n) is 1.23.